The molecule has 3 N–H and O–H groups in total. The predicted molar refractivity (Wildman–Crippen MR) is 90.6 cm³/mol. The second-order valence-electron chi connectivity index (χ2n) is 4.09. The fraction of sp³-hybridized carbons (Fsp3) is 0.286. The highest BCUT2D eigenvalue weighted by Gasteiger charge is 2.02. The first-order chi connectivity index (χ1) is 10.3. The number of aliphatic imine (C=N–C) groups is 1. The Bertz CT molecular complexity index is 572. The molecule has 1 aromatic heterocycles. The van der Waals surface area contributed by atoms with E-state index in [1.54, 1.807) is 30.2 Å². The number of rotatable bonds is 7. The molecule has 0 radical (unpaired) electrons. The Morgan fingerprint density at radius 3 is 3.10 bits per heavy atom. The van der Waals surface area contributed by atoms with E-state index in [4.69, 9.17) is 10.5 Å². The lowest BCUT2D eigenvalue weighted by molar-refractivity contribution is 0.417. The van der Waals surface area contributed by atoms with Crippen LogP contribution in [0.4, 0.5) is 5.69 Å². The molecule has 21 heavy (non-hydrogen) atoms. The number of nitrogens with zero attached hydrogens (tertiary/aromatic N) is 2. The average molecular weight is 322 g/mol. The Balaban J connectivity index is 1.73. The molecule has 2 aromatic rings. The molecular weight excluding hydrogens is 304 g/mol. The van der Waals surface area contributed by atoms with Crippen LogP contribution in [0.25, 0.3) is 0 Å². The molecule has 0 saturated carbocycles. The van der Waals surface area contributed by atoms with Gasteiger partial charge >= 0.3 is 0 Å². The molecule has 112 valence electrons. The van der Waals surface area contributed by atoms with Crippen molar-refractivity contribution in [3.8, 4) is 5.75 Å². The maximum Gasteiger partial charge on any atom is 0.193 e. The van der Waals surface area contributed by atoms with Gasteiger partial charge in [-0.15, -0.1) is 11.3 Å². The highest BCUT2D eigenvalue weighted by molar-refractivity contribution is 8.00. The first-order valence-corrected chi connectivity index (χ1v) is 8.38. The summed E-state index contributed by atoms with van der Waals surface area (Å²) in [6.07, 6.45) is 2.78. The van der Waals surface area contributed by atoms with Gasteiger partial charge in [0, 0.05) is 23.9 Å². The summed E-state index contributed by atoms with van der Waals surface area (Å²) >= 11 is 3.40. The average Bonchev–Trinajstić information content (AvgIpc) is 3.01. The molecule has 1 heterocycles. The molecule has 0 fully saturated rings. The normalized spacial score (nSPS) is 11.4. The van der Waals surface area contributed by atoms with Gasteiger partial charge in [0.1, 0.15) is 10.1 Å². The lowest BCUT2D eigenvalue weighted by Gasteiger charge is -2.09. The van der Waals surface area contributed by atoms with Crippen LogP contribution in [0.15, 0.2) is 45.2 Å². The molecule has 2 rings (SSSR count). The van der Waals surface area contributed by atoms with Crippen LogP contribution in [0, 0.1) is 0 Å². The predicted octanol–water partition coefficient (Wildman–Crippen LogP) is 3.06. The molecule has 0 bridgehead atoms. The smallest absolute Gasteiger partial charge is 0.193 e. The van der Waals surface area contributed by atoms with Crippen LogP contribution in [0.1, 0.15) is 6.42 Å². The van der Waals surface area contributed by atoms with Crippen molar-refractivity contribution >= 4 is 34.7 Å². The van der Waals surface area contributed by atoms with Crippen molar-refractivity contribution in [2.45, 2.75) is 10.8 Å². The van der Waals surface area contributed by atoms with Crippen molar-refractivity contribution in [1.82, 2.24) is 4.98 Å². The van der Waals surface area contributed by atoms with Crippen LogP contribution in [-0.2, 0) is 0 Å². The van der Waals surface area contributed by atoms with Crippen LogP contribution >= 0.6 is 23.1 Å². The molecule has 0 amide bonds. The number of guanidine groups is 1. The summed E-state index contributed by atoms with van der Waals surface area (Å²) in [5.74, 6) is 2.13. The molecule has 0 aliphatic carbocycles. The zero-order chi connectivity index (χ0) is 14.9. The number of anilines is 1. The van der Waals surface area contributed by atoms with E-state index >= 15 is 0 Å². The summed E-state index contributed by atoms with van der Waals surface area (Å²) in [4.78, 5) is 8.53. The number of ether oxygens (including phenoxy) is 1. The van der Waals surface area contributed by atoms with Gasteiger partial charge < -0.3 is 15.8 Å². The molecule has 5 nitrogen and oxygen atoms in total. The Labute approximate surface area is 132 Å². The number of hydrogen-bond acceptors (Lipinski definition) is 5. The maximum atomic E-state index is 5.87. The van der Waals surface area contributed by atoms with Crippen molar-refractivity contribution < 1.29 is 4.74 Å². The quantitative estimate of drug-likeness (QED) is 0.355. The molecule has 0 aliphatic rings. The topological polar surface area (TPSA) is 72.5 Å². The van der Waals surface area contributed by atoms with Gasteiger partial charge in [0.25, 0.3) is 0 Å². The third-order valence-corrected chi connectivity index (χ3v) is 4.64. The van der Waals surface area contributed by atoms with Gasteiger partial charge in [0.2, 0.25) is 0 Å². The van der Waals surface area contributed by atoms with Gasteiger partial charge in [-0.1, -0.05) is 23.9 Å². The highest BCUT2D eigenvalue weighted by atomic mass is 32.2. The number of para-hydroxylation sites is 2. The summed E-state index contributed by atoms with van der Waals surface area (Å²) in [5.41, 5.74) is 6.69. The number of benzene rings is 1. The zero-order valence-electron chi connectivity index (χ0n) is 11.8. The third-order valence-electron chi connectivity index (χ3n) is 2.59. The summed E-state index contributed by atoms with van der Waals surface area (Å²) < 4.78 is 6.34. The van der Waals surface area contributed by atoms with Crippen LogP contribution in [-0.4, -0.2) is 30.4 Å². The Morgan fingerprint density at radius 1 is 1.48 bits per heavy atom. The van der Waals surface area contributed by atoms with Crippen molar-refractivity contribution in [3.63, 3.8) is 0 Å². The fourth-order valence-corrected chi connectivity index (χ4v) is 3.26. The monoisotopic (exact) mass is 322 g/mol. The standard InChI is InChI=1S/C14H18N4OS2/c1-19-12-6-3-2-5-11(12)18-13(15)16-7-4-9-20-14-17-8-10-21-14/h2-3,5-6,8,10H,4,7,9H2,1H3,(H3,15,16,18). The van der Waals surface area contributed by atoms with Crippen LogP contribution in [0.5, 0.6) is 5.75 Å². The van der Waals surface area contributed by atoms with Gasteiger partial charge in [-0.05, 0) is 18.6 Å². The Morgan fingerprint density at radius 2 is 2.33 bits per heavy atom. The lowest BCUT2D eigenvalue weighted by Crippen LogP contribution is -2.23. The van der Waals surface area contributed by atoms with E-state index < -0.39 is 0 Å². The van der Waals surface area contributed by atoms with Gasteiger partial charge in [-0.25, -0.2) is 4.98 Å². The lowest BCUT2D eigenvalue weighted by atomic mass is 10.3. The van der Waals surface area contributed by atoms with Crippen LogP contribution < -0.4 is 15.8 Å². The second kappa shape index (κ2) is 8.53. The van der Waals surface area contributed by atoms with E-state index in [-0.39, 0.29) is 0 Å². The van der Waals surface area contributed by atoms with E-state index in [1.807, 2.05) is 35.8 Å². The minimum atomic E-state index is 0.402. The summed E-state index contributed by atoms with van der Waals surface area (Å²) in [7, 11) is 1.63. The molecule has 0 atom stereocenters. The number of hydrogen-bond donors (Lipinski definition) is 2. The number of nitrogens with one attached hydrogen (secondary N) is 1. The van der Waals surface area contributed by atoms with Crippen LogP contribution in [0.3, 0.4) is 0 Å². The van der Waals surface area contributed by atoms with Crippen molar-refractivity contribution in [2.24, 2.45) is 10.7 Å². The van der Waals surface area contributed by atoms with Crippen molar-refractivity contribution in [1.29, 1.82) is 0 Å². The first kappa shape index (κ1) is 15.7. The molecule has 1 aromatic carbocycles. The Hall–Kier alpha value is -1.73. The van der Waals surface area contributed by atoms with E-state index in [0.717, 1.165) is 28.0 Å². The molecule has 7 heteroatoms. The molecular formula is C14H18N4OS2. The largest absolute Gasteiger partial charge is 0.495 e. The van der Waals surface area contributed by atoms with E-state index in [0.29, 0.717) is 12.5 Å². The summed E-state index contributed by atoms with van der Waals surface area (Å²) in [5, 5.41) is 5.03. The molecule has 0 unspecified atom stereocenters. The first-order valence-electron chi connectivity index (χ1n) is 6.52. The van der Waals surface area contributed by atoms with Crippen molar-refractivity contribution in [2.75, 3.05) is 24.7 Å². The van der Waals surface area contributed by atoms with Gasteiger partial charge in [-0.2, -0.15) is 0 Å². The van der Waals surface area contributed by atoms with E-state index in [2.05, 4.69) is 15.3 Å². The second-order valence-corrected chi connectivity index (χ2v) is 6.33. The zero-order valence-corrected chi connectivity index (χ0v) is 13.4. The molecule has 0 spiro atoms. The third kappa shape index (κ3) is 5.28. The number of nitrogens with two attached hydrogens (primary N) is 1. The van der Waals surface area contributed by atoms with Gasteiger partial charge in [-0.3, -0.25) is 4.99 Å². The number of thiazole rings is 1. The van der Waals surface area contributed by atoms with E-state index in [1.165, 1.54) is 0 Å². The number of aromatic nitrogens is 1. The Kier molecular flexibility index (Phi) is 6.36. The van der Waals surface area contributed by atoms with Gasteiger partial charge in [0.05, 0.1) is 12.8 Å². The SMILES string of the molecule is COc1ccccc1NC(N)=NCCCSc1nccs1. The fourth-order valence-electron chi connectivity index (χ4n) is 1.63. The highest BCUT2D eigenvalue weighted by Crippen LogP contribution is 2.23. The van der Waals surface area contributed by atoms with E-state index in [9.17, 15) is 0 Å². The summed E-state index contributed by atoms with van der Waals surface area (Å²) in [6.45, 7) is 0.687. The minimum absolute atomic E-state index is 0.402. The maximum absolute atomic E-state index is 5.87. The summed E-state index contributed by atoms with van der Waals surface area (Å²) in [6, 6.07) is 7.61. The van der Waals surface area contributed by atoms with Gasteiger partial charge in [0.15, 0.2) is 5.96 Å². The number of methoxy groups -OCH3 is 1. The molecule has 0 saturated heterocycles. The minimum Gasteiger partial charge on any atom is -0.495 e. The van der Waals surface area contributed by atoms with Crippen molar-refractivity contribution in [3.05, 3.63) is 35.8 Å². The van der Waals surface area contributed by atoms with Crippen LogP contribution in [0.2, 0.25) is 0 Å². The number of thioether (sulfide) groups is 1. The molecule has 0 aliphatic heterocycles.